The maximum Gasteiger partial charge on any atom is 0.123 e. The standard InChI is InChI=1S/C15H19BrFN/c1-11(9-14-4-2-3-7-18-14)8-12-10-13(17)5-6-15(12)16/h5-6,8,10,14,18H,2-4,7,9H2,1H3/b11-8-. The lowest BCUT2D eigenvalue weighted by atomic mass is 9.97. The number of halogens is 2. The number of piperidine rings is 1. The fourth-order valence-electron chi connectivity index (χ4n) is 2.44. The number of rotatable bonds is 3. The summed E-state index contributed by atoms with van der Waals surface area (Å²) >= 11 is 3.46. The smallest absolute Gasteiger partial charge is 0.123 e. The summed E-state index contributed by atoms with van der Waals surface area (Å²) in [6, 6.07) is 5.39. The minimum Gasteiger partial charge on any atom is -0.314 e. The molecule has 98 valence electrons. The summed E-state index contributed by atoms with van der Waals surface area (Å²) in [6.45, 7) is 3.25. The normalized spacial score (nSPS) is 21.1. The molecule has 3 heteroatoms. The molecular formula is C15H19BrFN. The largest absolute Gasteiger partial charge is 0.314 e. The first-order valence-corrected chi connectivity index (χ1v) is 7.30. The molecule has 1 aromatic rings. The molecule has 1 aliphatic rings. The van der Waals surface area contributed by atoms with E-state index < -0.39 is 0 Å². The average molecular weight is 312 g/mol. The predicted molar refractivity (Wildman–Crippen MR) is 78.0 cm³/mol. The molecule has 0 radical (unpaired) electrons. The molecule has 0 bridgehead atoms. The van der Waals surface area contributed by atoms with Crippen molar-refractivity contribution in [3.05, 3.63) is 39.6 Å². The molecule has 1 atom stereocenters. The third kappa shape index (κ3) is 3.92. The van der Waals surface area contributed by atoms with Crippen LogP contribution in [0.1, 0.15) is 38.2 Å². The monoisotopic (exact) mass is 311 g/mol. The van der Waals surface area contributed by atoms with Gasteiger partial charge in [-0.2, -0.15) is 0 Å². The van der Waals surface area contributed by atoms with Gasteiger partial charge in [0.15, 0.2) is 0 Å². The molecule has 1 heterocycles. The van der Waals surface area contributed by atoms with Crippen molar-refractivity contribution in [3.8, 4) is 0 Å². The average Bonchev–Trinajstić information content (AvgIpc) is 2.35. The Morgan fingerprint density at radius 3 is 3.06 bits per heavy atom. The lowest BCUT2D eigenvalue weighted by Crippen LogP contribution is -2.33. The summed E-state index contributed by atoms with van der Waals surface area (Å²) in [7, 11) is 0. The number of hydrogen-bond acceptors (Lipinski definition) is 1. The molecule has 1 aromatic carbocycles. The van der Waals surface area contributed by atoms with Crippen LogP contribution in [0.3, 0.4) is 0 Å². The van der Waals surface area contributed by atoms with Crippen LogP contribution in [0.15, 0.2) is 28.2 Å². The molecule has 1 aliphatic heterocycles. The molecule has 1 nitrogen and oxygen atoms in total. The van der Waals surface area contributed by atoms with E-state index in [-0.39, 0.29) is 5.82 Å². The number of benzene rings is 1. The van der Waals surface area contributed by atoms with Crippen LogP contribution in [-0.4, -0.2) is 12.6 Å². The summed E-state index contributed by atoms with van der Waals surface area (Å²) in [5.74, 6) is -0.187. The van der Waals surface area contributed by atoms with Crippen LogP contribution in [0, 0.1) is 5.82 Å². The van der Waals surface area contributed by atoms with Gasteiger partial charge in [0.25, 0.3) is 0 Å². The Labute approximate surface area is 117 Å². The van der Waals surface area contributed by atoms with Crippen LogP contribution in [0.2, 0.25) is 0 Å². The van der Waals surface area contributed by atoms with Crippen molar-refractivity contribution in [3.63, 3.8) is 0 Å². The molecular weight excluding hydrogens is 293 g/mol. The third-order valence-corrected chi connectivity index (χ3v) is 4.06. The molecule has 1 saturated heterocycles. The van der Waals surface area contributed by atoms with Crippen LogP contribution in [-0.2, 0) is 0 Å². The second-order valence-corrected chi connectivity index (χ2v) is 5.86. The first kappa shape index (κ1) is 13.8. The molecule has 18 heavy (non-hydrogen) atoms. The Morgan fingerprint density at radius 1 is 1.50 bits per heavy atom. The van der Waals surface area contributed by atoms with Crippen LogP contribution in [0.25, 0.3) is 6.08 Å². The van der Waals surface area contributed by atoms with Gasteiger partial charge in [0.1, 0.15) is 5.82 Å². The molecule has 2 rings (SSSR count). The topological polar surface area (TPSA) is 12.0 Å². The predicted octanol–water partition coefficient (Wildman–Crippen LogP) is 4.52. The molecule has 1 N–H and O–H groups in total. The fraction of sp³-hybridized carbons (Fsp3) is 0.467. The van der Waals surface area contributed by atoms with E-state index in [4.69, 9.17) is 0 Å². The maximum absolute atomic E-state index is 13.2. The summed E-state index contributed by atoms with van der Waals surface area (Å²) < 4.78 is 14.1. The quantitative estimate of drug-likeness (QED) is 0.865. The van der Waals surface area contributed by atoms with E-state index in [0.717, 1.165) is 23.0 Å². The Hall–Kier alpha value is -0.670. The van der Waals surface area contributed by atoms with E-state index in [2.05, 4.69) is 34.2 Å². The van der Waals surface area contributed by atoms with Gasteiger partial charge in [-0.25, -0.2) is 4.39 Å². The van der Waals surface area contributed by atoms with Crippen molar-refractivity contribution < 1.29 is 4.39 Å². The maximum atomic E-state index is 13.2. The highest BCUT2D eigenvalue weighted by atomic mass is 79.9. The van der Waals surface area contributed by atoms with E-state index in [0.29, 0.717) is 6.04 Å². The van der Waals surface area contributed by atoms with Gasteiger partial charge in [-0.1, -0.05) is 34.0 Å². The lowest BCUT2D eigenvalue weighted by Gasteiger charge is -2.23. The summed E-state index contributed by atoms with van der Waals surface area (Å²) in [4.78, 5) is 0. The number of hydrogen-bond donors (Lipinski definition) is 1. The minimum atomic E-state index is -0.187. The van der Waals surface area contributed by atoms with Gasteiger partial charge in [0.05, 0.1) is 0 Å². The third-order valence-electron chi connectivity index (χ3n) is 3.34. The van der Waals surface area contributed by atoms with Crippen molar-refractivity contribution in [1.29, 1.82) is 0 Å². The Morgan fingerprint density at radius 2 is 2.33 bits per heavy atom. The second kappa shape index (κ2) is 6.48. The van der Waals surface area contributed by atoms with Crippen LogP contribution < -0.4 is 5.32 Å². The molecule has 1 fully saturated rings. The van der Waals surface area contributed by atoms with E-state index in [1.54, 1.807) is 12.1 Å². The summed E-state index contributed by atoms with van der Waals surface area (Å²) in [5, 5.41) is 3.54. The minimum absolute atomic E-state index is 0.187. The molecule has 0 aliphatic carbocycles. The summed E-state index contributed by atoms with van der Waals surface area (Å²) in [5.41, 5.74) is 2.21. The van der Waals surface area contributed by atoms with Crippen LogP contribution in [0.5, 0.6) is 0 Å². The van der Waals surface area contributed by atoms with E-state index in [1.807, 2.05) is 0 Å². The van der Waals surface area contributed by atoms with Gasteiger partial charge in [-0.05, 0) is 56.5 Å². The van der Waals surface area contributed by atoms with Crippen molar-refractivity contribution in [2.45, 2.75) is 38.6 Å². The van der Waals surface area contributed by atoms with Gasteiger partial charge in [-0.3, -0.25) is 0 Å². The fourth-order valence-corrected chi connectivity index (χ4v) is 2.80. The van der Waals surface area contributed by atoms with Crippen molar-refractivity contribution in [2.24, 2.45) is 0 Å². The highest BCUT2D eigenvalue weighted by Crippen LogP contribution is 2.23. The van der Waals surface area contributed by atoms with E-state index >= 15 is 0 Å². The highest BCUT2D eigenvalue weighted by Gasteiger charge is 2.12. The van der Waals surface area contributed by atoms with E-state index in [1.165, 1.54) is 30.9 Å². The molecule has 0 amide bonds. The van der Waals surface area contributed by atoms with Gasteiger partial charge >= 0.3 is 0 Å². The zero-order valence-corrected chi connectivity index (χ0v) is 12.3. The first-order chi connectivity index (χ1) is 8.65. The van der Waals surface area contributed by atoms with Crippen molar-refractivity contribution in [1.82, 2.24) is 5.32 Å². The SMILES string of the molecule is C/C(=C/c1cc(F)ccc1Br)CC1CCCCN1. The van der Waals surface area contributed by atoms with Crippen LogP contribution in [0.4, 0.5) is 4.39 Å². The van der Waals surface area contributed by atoms with Crippen molar-refractivity contribution >= 4 is 22.0 Å². The van der Waals surface area contributed by atoms with Gasteiger partial charge in [0.2, 0.25) is 0 Å². The van der Waals surface area contributed by atoms with E-state index in [9.17, 15) is 4.39 Å². The Balaban J connectivity index is 2.04. The zero-order chi connectivity index (χ0) is 13.0. The van der Waals surface area contributed by atoms with Crippen LogP contribution >= 0.6 is 15.9 Å². The Bertz CT molecular complexity index is 436. The lowest BCUT2D eigenvalue weighted by molar-refractivity contribution is 0.399. The zero-order valence-electron chi connectivity index (χ0n) is 10.7. The van der Waals surface area contributed by atoms with Gasteiger partial charge in [-0.15, -0.1) is 0 Å². The second-order valence-electron chi connectivity index (χ2n) is 5.01. The summed E-state index contributed by atoms with van der Waals surface area (Å²) in [6.07, 6.45) is 6.96. The van der Waals surface area contributed by atoms with Crippen molar-refractivity contribution in [2.75, 3.05) is 6.54 Å². The molecule has 0 aromatic heterocycles. The first-order valence-electron chi connectivity index (χ1n) is 6.51. The number of nitrogens with one attached hydrogen (secondary N) is 1. The highest BCUT2D eigenvalue weighted by molar-refractivity contribution is 9.10. The molecule has 0 saturated carbocycles. The molecule has 0 spiro atoms. The van der Waals surface area contributed by atoms with Gasteiger partial charge in [0, 0.05) is 10.5 Å². The Kier molecular flexibility index (Phi) is 4.95. The van der Waals surface area contributed by atoms with Gasteiger partial charge < -0.3 is 5.32 Å². The molecule has 1 unspecified atom stereocenters.